The Labute approximate surface area is 97.7 Å². The Morgan fingerprint density at radius 1 is 1.59 bits per heavy atom. The van der Waals surface area contributed by atoms with Crippen molar-refractivity contribution < 1.29 is 4.74 Å². The molecule has 0 saturated heterocycles. The summed E-state index contributed by atoms with van der Waals surface area (Å²) >= 11 is 0. The van der Waals surface area contributed by atoms with Gasteiger partial charge in [-0.15, -0.1) is 0 Å². The first-order valence-corrected chi connectivity index (χ1v) is 5.21. The number of imidazole rings is 1. The minimum atomic E-state index is 0.0380. The fourth-order valence-electron chi connectivity index (χ4n) is 1.42. The van der Waals surface area contributed by atoms with Crippen LogP contribution in [0.15, 0.2) is 23.6 Å². The zero-order valence-corrected chi connectivity index (χ0v) is 9.61. The van der Waals surface area contributed by atoms with E-state index in [-0.39, 0.29) is 12.6 Å². The quantitative estimate of drug-likeness (QED) is 0.460. The predicted molar refractivity (Wildman–Crippen MR) is 61.6 cm³/mol. The lowest BCUT2D eigenvalue weighted by atomic mass is 10.5. The van der Waals surface area contributed by atoms with Crippen molar-refractivity contribution in [2.45, 2.75) is 26.5 Å². The number of hydrogen-bond acceptors (Lipinski definition) is 4. The standard InChI is InChI=1S/C10H12N6O/c1-7(2)17-10-12-4-3-9-14-8(5-13-15-11)6-16(9)10/h3-4,6-7H,5H2,1-2H3. The molecular weight excluding hydrogens is 220 g/mol. The van der Waals surface area contributed by atoms with Crippen LogP contribution in [0.2, 0.25) is 0 Å². The summed E-state index contributed by atoms with van der Waals surface area (Å²) in [4.78, 5) is 11.1. The van der Waals surface area contributed by atoms with E-state index < -0.39 is 0 Å². The molecule has 0 aromatic carbocycles. The molecule has 0 atom stereocenters. The van der Waals surface area contributed by atoms with Crippen molar-refractivity contribution in [1.82, 2.24) is 14.4 Å². The van der Waals surface area contributed by atoms with Crippen LogP contribution in [0.25, 0.3) is 16.1 Å². The van der Waals surface area contributed by atoms with Crippen molar-refractivity contribution in [3.05, 3.63) is 34.6 Å². The van der Waals surface area contributed by atoms with Crippen molar-refractivity contribution in [3.63, 3.8) is 0 Å². The number of azide groups is 1. The molecule has 2 rings (SSSR count). The van der Waals surface area contributed by atoms with Gasteiger partial charge in [0.05, 0.1) is 18.3 Å². The molecule has 7 nitrogen and oxygen atoms in total. The second kappa shape index (κ2) is 4.71. The minimum Gasteiger partial charge on any atom is -0.462 e. The third kappa shape index (κ3) is 2.46. The van der Waals surface area contributed by atoms with Crippen molar-refractivity contribution in [2.75, 3.05) is 0 Å². The fourth-order valence-corrected chi connectivity index (χ4v) is 1.42. The van der Waals surface area contributed by atoms with Crippen LogP contribution in [0.3, 0.4) is 0 Å². The minimum absolute atomic E-state index is 0.0380. The van der Waals surface area contributed by atoms with Gasteiger partial charge in [0.15, 0.2) is 0 Å². The average Bonchev–Trinajstić information content (AvgIpc) is 2.69. The van der Waals surface area contributed by atoms with Gasteiger partial charge in [-0.3, -0.25) is 4.40 Å². The molecule has 2 aromatic heterocycles. The summed E-state index contributed by atoms with van der Waals surface area (Å²) in [5, 5.41) is 3.47. The molecule has 0 amide bonds. The number of fused-ring (bicyclic) bond motifs is 1. The first-order chi connectivity index (χ1) is 8.20. The number of aromatic nitrogens is 3. The van der Waals surface area contributed by atoms with Crippen LogP contribution in [0.5, 0.6) is 6.01 Å². The molecule has 0 saturated carbocycles. The normalized spacial score (nSPS) is 10.5. The van der Waals surface area contributed by atoms with Gasteiger partial charge < -0.3 is 4.74 Å². The smallest absolute Gasteiger partial charge is 0.302 e. The van der Waals surface area contributed by atoms with E-state index in [2.05, 4.69) is 20.0 Å². The highest BCUT2D eigenvalue weighted by Gasteiger charge is 2.07. The van der Waals surface area contributed by atoms with E-state index in [1.54, 1.807) is 22.9 Å². The van der Waals surface area contributed by atoms with Crippen molar-refractivity contribution in [3.8, 4) is 6.01 Å². The third-order valence-corrected chi connectivity index (χ3v) is 2.03. The molecule has 0 fully saturated rings. The average molecular weight is 232 g/mol. The maximum absolute atomic E-state index is 8.26. The molecule has 0 aliphatic carbocycles. The molecule has 0 bridgehead atoms. The molecule has 17 heavy (non-hydrogen) atoms. The van der Waals surface area contributed by atoms with E-state index >= 15 is 0 Å². The largest absolute Gasteiger partial charge is 0.462 e. The van der Waals surface area contributed by atoms with E-state index in [0.29, 0.717) is 11.7 Å². The summed E-state index contributed by atoms with van der Waals surface area (Å²) in [6.45, 7) is 4.08. The van der Waals surface area contributed by atoms with Crippen LogP contribution < -0.4 is 4.74 Å². The van der Waals surface area contributed by atoms with E-state index in [9.17, 15) is 0 Å². The number of nitrogens with zero attached hydrogens (tertiary/aromatic N) is 6. The van der Waals surface area contributed by atoms with E-state index in [1.165, 1.54) is 0 Å². The lowest BCUT2D eigenvalue weighted by Crippen LogP contribution is -2.09. The topological polar surface area (TPSA) is 88.2 Å². The highest BCUT2D eigenvalue weighted by Crippen LogP contribution is 2.14. The van der Waals surface area contributed by atoms with Gasteiger partial charge in [-0.25, -0.2) is 9.97 Å². The van der Waals surface area contributed by atoms with Crippen molar-refractivity contribution in [2.24, 2.45) is 5.11 Å². The van der Waals surface area contributed by atoms with Crippen LogP contribution in [0.1, 0.15) is 19.5 Å². The predicted octanol–water partition coefficient (Wildman–Crippen LogP) is 2.33. The summed E-state index contributed by atoms with van der Waals surface area (Å²) in [7, 11) is 0. The Hall–Kier alpha value is -2.27. The number of ether oxygens (including phenoxy) is 1. The van der Waals surface area contributed by atoms with E-state index in [1.807, 2.05) is 13.8 Å². The van der Waals surface area contributed by atoms with E-state index in [4.69, 9.17) is 10.3 Å². The fraction of sp³-hybridized carbons (Fsp3) is 0.400. The molecule has 0 radical (unpaired) electrons. The molecule has 0 N–H and O–H groups in total. The van der Waals surface area contributed by atoms with Gasteiger partial charge >= 0.3 is 6.01 Å². The molecular formula is C10H12N6O. The zero-order valence-electron chi connectivity index (χ0n) is 9.61. The van der Waals surface area contributed by atoms with Gasteiger partial charge in [-0.2, -0.15) is 0 Å². The molecule has 0 unspecified atom stereocenters. The Balaban J connectivity index is 2.41. The maximum atomic E-state index is 8.26. The molecule has 0 aliphatic heterocycles. The highest BCUT2D eigenvalue weighted by atomic mass is 16.5. The third-order valence-electron chi connectivity index (χ3n) is 2.03. The Morgan fingerprint density at radius 2 is 2.41 bits per heavy atom. The van der Waals surface area contributed by atoms with Gasteiger partial charge in [0.25, 0.3) is 0 Å². The summed E-state index contributed by atoms with van der Waals surface area (Å²) in [5.41, 5.74) is 9.67. The molecule has 7 heteroatoms. The summed E-state index contributed by atoms with van der Waals surface area (Å²) in [6.07, 6.45) is 3.43. The first kappa shape index (κ1) is 11.2. The second-order valence-corrected chi connectivity index (χ2v) is 3.74. The van der Waals surface area contributed by atoms with Gasteiger partial charge in [0, 0.05) is 17.3 Å². The Bertz CT molecular complexity index is 569. The molecule has 0 spiro atoms. The summed E-state index contributed by atoms with van der Waals surface area (Å²) < 4.78 is 7.29. The first-order valence-electron chi connectivity index (χ1n) is 5.21. The number of hydrogen-bond donors (Lipinski definition) is 0. The monoisotopic (exact) mass is 232 g/mol. The lowest BCUT2D eigenvalue weighted by molar-refractivity contribution is 0.219. The Morgan fingerprint density at radius 3 is 3.12 bits per heavy atom. The molecule has 88 valence electrons. The zero-order chi connectivity index (χ0) is 12.3. The lowest BCUT2D eigenvalue weighted by Gasteiger charge is -2.09. The highest BCUT2D eigenvalue weighted by molar-refractivity contribution is 5.40. The van der Waals surface area contributed by atoms with Crippen LogP contribution in [0.4, 0.5) is 0 Å². The van der Waals surface area contributed by atoms with E-state index in [0.717, 1.165) is 5.65 Å². The summed E-state index contributed by atoms with van der Waals surface area (Å²) in [6, 6.07) is 2.25. The molecule has 2 heterocycles. The van der Waals surface area contributed by atoms with Crippen LogP contribution in [-0.4, -0.2) is 20.5 Å². The Kier molecular flexibility index (Phi) is 3.11. The number of rotatable bonds is 4. The SMILES string of the molecule is CC(C)Oc1nccc2nc(CN=[N+]=[N-])cn12. The second-order valence-electron chi connectivity index (χ2n) is 3.74. The van der Waals surface area contributed by atoms with Gasteiger partial charge in [-0.1, -0.05) is 5.11 Å². The van der Waals surface area contributed by atoms with Crippen LogP contribution in [0, 0.1) is 0 Å². The van der Waals surface area contributed by atoms with Gasteiger partial charge in [0.1, 0.15) is 5.65 Å². The summed E-state index contributed by atoms with van der Waals surface area (Å²) in [5.74, 6) is 0. The molecule has 2 aromatic rings. The van der Waals surface area contributed by atoms with Crippen LogP contribution in [-0.2, 0) is 6.54 Å². The maximum Gasteiger partial charge on any atom is 0.302 e. The van der Waals surface area contributed by atoms with Gasteiger partial charge in [0.2, 0.25) is 0 Å². The van der Waals surface area contributed by atoms with Crippen molar-refractivity contribution >= 4 is 5.65 Å². The van der Waals surface area contributed by atoms with Crippen LogP contribution >= 0.6 is 0 Å². The van der Waals surface area contributed by atoms with Crippen molar-refractivity contribution in [1.29, 1.82) is 0 Å². The van der Waals surface area contributed by atoms with Gasteiger partial charge in [-0.05, 0) is 25.4 Å². The molecule has 0 aliphatic rings.